The number of carbonyl (C=O) groups is 1. The van der Waals surface area contributed by atoms with Crippen molar-refractivity contribution in [3.05, 3.63) is 90.3 Å². The Morgan fingerprint density at radius 2 is 1.75 bits per heavy atom. The summed E-state index contributed by atoms with van der Waals surface area (Å²) in [6.45, 7) is 2.05. The van der Waals surface area contributed by atoms with Gasteiger partial charge in [0, 0.05) is 29.2 Å². The van der Waals surface area contributed by atoms with Gasteiger partial charge in [-0.05, 0) is 31.2 Å². The molecule has 0 radical (unpaired) electrons. The minimum Gasteiger partial charge on any atom is -0.293 e. The molecule has 2 aromatic carbocycles. The van der Waals surface area contributed by atoms with E-state index >= 15 is 0 Å². The molecule has 28 heavy (non-hydrogen) atoms. The SMILES string of the molecule is Cc1ccc(-n2c(SCC(=O)c3ccccc3)nnc2-c2cccnc2)cc1. The largest absolute Gasteiger partial charge is 0.293 e. The molecule has 0 amide bonds. The number of pyridine rings is 1. The number of aromatic nitrogens is 4. The highest BCUT2D eigenvalue weighted by Gasteiger charge is 2.17. The maximum absolute atomic E-state index is 12.5. The fourth-order valence-electron chi connectivity index (χ4n) is 2.81. The number of hydrogen-bond donors (Lipinski definition) is 0. The second-order valence-corrected chi connectivity index (χ2v) is 7.24. The van der Waals surface area contributed by atoms with E-state index in [9.17, 15) is 4.79 Å². The van der Waals surface area contributed by atoms with Crippen LogP contribution in [0.4, 0.5) is 0 Å². The van der Waals surface area contributed by atoms with Gasteiger partial charge in [0.1, 0.15) is 0 Å². The second kappa shape index (κ2) is 8.19. The summed E-state index contributed by atoms with van der Waals surface area (Å²) >= 11 is 1.38. The van der Waals surface area contributed by atoms with E-state index < -0.39 is 0 Å². The maximum Gasteiger partial charge on any atom is 0.196 e. The summed E-state index contributed by atoms with van der Waals surface area (Å²) in [5.41, 5.74) is 3.69. The second-order valence-electron chi connectivity index (χ2n) is 6.30. The third kappa shape index (κ3) is 3.87. The number of thioether (sulfide) groups is 1. The molecule has 0 spiro atoms. The quantitative estimate of drug-likeness (QED) is 0.358. The molecular weight excluding hydrogens is 368 g/mol. The Balaban J connectivity index is 1.68. The van der Waals surface area contributed by atoms with Crippen LogP contribution >= 0.6 is 11.8 Å². The summed E-state index contributed by atoms with van der Waals surface area (Å²) in [5, 5.41) is 9.40. The molecule has 0 N–H and O–H groups in total. The molecular formula is C22H18N4OS. The van der Waals surface area contributed by atoms with Crippen LogP contribution in [0.15, 0.2) is 84.3 Å². The van der Waals surface area contributed by atoms with Crippen LogP contribution in [0.5, 0.6) is 0 Å². The molecule has 0 aliphatic heterocycles. The Kier molecular flexibility index (Phi) is 5.30. The standard InChI is InChI=1S/C22H18N4OS/c1-16-9-11-19(12-10-16)26-21(18-8-5-13-23-14-18)24-25-22(26)28-15-20(27)17-6-3-2-4-7-17/h2-14H,15H2,1H3. The highest BCUT2D eigenvalue weighted by Crippen LogP contribution is 2.28. The van der Waals surface area contributed by atoms with Crippen LogP contribution in [-0.2, 0) is 0 Å². The zero-order valence-electron chi connectivity index (χ0n) is 15.3. The smallest absolute Gasteiger partial charge is 0.196 e. The number of benzene rings is 2. The Hall–Kier alpha value is -3.25. The predicted octanol–water partition coefficient (Wildman–Crippen LogP) is 4.61. The molecule has 0 saturated carbocycles. The molecule has 0 bridgehead atoms. The lowest BCUT2D eigenvalue weighted by Gasteiger charge is -2.10. The zero-order valence-corrected chi connectivity index (χ0v) is 16.1. The van der Waals surface area contributed by atoms with Crippen molar-refractivity contribution in [3.63, 3.8) is 0 Å². The molecule has 0 aliphatic rings. The summed E-state index contributed by atoms with van der Waals surface area (Å²) in [7, 11) is 0. The summed E-state index contributed by atoms with van der Waals surface area (Å²) in [6, 6.07) is 21.3. The molecule has 2 heterocycles. The van der Waals surface area contributed by atoms with E-state index in [4.69, 9.17) is 0 Å². The molecule has 0 atom stereocenters. The van der Waals surface area contributed by atoms with Crippen molar-refractivity contribution in [2.24, 2.45) is 0 Å². The van der Waals surface area contributed by atoms with Gasteiger partial charge in [-0.1, -0.05) is 59.8 Å². The number of nitrogens with zero attached hydrogens (tertiary/aromatic N) is 4. The molecule has 0 fully saturated rings. The summed E-state index contributed by atoms with van der Waals surface area (Å²) in [6.07, 6.45) is 3.49. The van der Waals surface area contributed by atoms with Gasteiger partial charge in [-0.15, -0.1) is 10.2 Å². The molecule has 138 valence electrons. The first-order chi connectivity index (χ1) is 13.7. The third-order valence-electron chi connectivity index (χ3n) is 4.27. The first-order valence-electron chi connectivity index (χ1n) is 8.86. The zero-order chi connectivity index (χ0) is 19.3. The van der Waals surface area contributed by atoms with Gasteiger partial charge in [0.25, 0.3) is 0 Å². The lowest BCUT2D eigenvalue weighted by molar-refractivity contribution is 0.102. The van der Waals surface area contributed by atoms with Crippen molar-refractivity contribution in [2.45, 2.75) is 12.1 Å². The molecule has 0 unspecified atom stereocenters. The highest BCUT2D eigenvalue weighted by molar-refractivity contribution is 7.99. The van der Waals surface area contributed by atoms with E-state index in [1.165, 1.54) is 17.3 Å². The van der Waals surface area contributed by atoms with Crippen LogP contribution in [0.3, 0.4) is 0 Å². The van der Waals surface area contributed by atoms with E-state index in [2.05, 4.69) is 15.2 Å². The third-order valence-corrected chi connectivity index (χ3v) is 5.20. The maximum atomic E-state index is 12.5. The number of rotatable bonds is 6. The summed E-state index contributed by atoms with van der Waals surface area (Å²) in [4.78, 5) is 16.7. The van der Waals surface area contributed by atoms with E-state index in [1.54, 1.807) is 12.4 Å². The Morgan fingerprint density at radius 1 is 0.964 bits per heavy atom. The Morgan fingerprint density at radius 3 is 2.46 bits per heavy atom. The predicted molar refractivity (Wildman–Crippen MR) is 111 cm³/mol. The van der Waals surface area contributed by atoms with E-state index in [0.717, 1.165) is 11.3 Å². The van der Waals surface area contributed by atoms with Gasteiger partial charge in [0.05, 0.1) is 5.75 Å². The topological polar surface area (TPSA) is 60.7 Å². The molecule has 0 aliphatic carbocycles. The van der Waals surface area contributed by atoms with Gasteiger partial charge in [0.15, 0.2) is 16.8 Å². The lowest BCUT2D eigenvalue weighted by atomic mass is 10.2. The summed E-state index contributed by atoms with van der Waals surface area (Å²) in [5.74, 6) is 1.06. The molecule has 6 heteroatoms. The van der Waals surface area contributed by atoms with Crippen molar-refractivity contribution < 1.29 is 4.79 Å². The molecule has 2 aromatic heterocycles. The fourth-order valence-corrected chi connectivity index (χ4v) is 3.66. The van der Waals surface area contributed by atoms with Crippen LogP contribution in [0.2, 0.25) is 0 Å². The van der Waals surface area contributed by atoms with E-state index in [1.807, 2.05) is 78.2 Å². The first kappa shape index (κ1) is 18.1. The highest BCUT2D eigenvalue weighted by atomic mass is 32.2. The van der Waals surface area contributed by atoms with Crippen molar-refractivity contribution in [1.82, 2.24) is 19.7 Å². The number of aryl methyl sites for hydroxylation is 1. The average Bonchev–Trinajstić information content (AvgIpc) is 3.18. The first-order valence-corrected chi connectivity index (χ1v) is 9.85. The van der Waals surface area contributed by atoms with Crippen LogP contribution < -0.4 is 0 Å². The number of ketones is 1. The van der Waals surface area contributed by atoms with Gasteiger partial charge >= 0.3 is 0 Å². The van der Waals surface area contributed by atoms with Crippen molar-refractivity contribution in [2.75, 3.05) is 5.75 Å². The summed E-state index contributed by atoms with van der Waals surface area (Å²) < 4.78 is 1.97. The van der Waals surface area contributed by atoms with Crippen molar-refractivity contribution in [3.8, 4) is 17.1 Å². The number of hydrogen-bond acceptors (Lipinski definition) is 5. The number of Topliss-reactive ketones (excluding diaryl/α,β-unsaturated/α-hetero) is 1. The minimum atomic E-state index is 0.0620. The average molecular weight is 386 g/mol. The normalized spacial score (nSPS) is 10.8. The lowest BCUT2D eigenvalue weighted by Crippen LogP contribution is -2.05. The Bertz CT molecular complexity index is 1080. The molecule has 4 aromatic rings. The minimum absolute atomic E-state index is 0.0620. The van der Waals surface area contributed by atoms with Gasteiger partial charge in [-0.3, -0.25) is 14.3 Å². The van der Waals surface area contributed by atoms with Gasteiger partial charge < -0.3 is 0 Å². The van der Waals surface area contributed by atoms with Crippen LogP contribution in [0.25, 0.3) is 17.1 Å². The molecule has 5 nitrogen and oxygen atoms in total. The molecule has 4 rings (SSSR count). The van der Waals surface area contributed by atoms with Crippen LogP contribution in [0.1, 0.15) is 15.9 Å². The fraction of sp³-hybridized carbons (Fsp3) is 0.0909. The van der Waals surface area contributed by atoms with Gasteiger partial charge in [-0.2, -0.15) is 0 Å². The van der Waals surface area contributed by atoms with Gasteiger partial charge in [0.2, 0.25) is 0 Å². The van der Waals surface area contributed by atoms with E-state index in [-0.39, 0.29) is 5.78 Å². The number of carbonyl (C=O) groups excluding carboxylic acids is 1. The monoisotopic (exact) mass is 386 g/mol. The van der Waals surface area contributed by atoms with Gasteiger partial charge in [-0.25, -0.2) is 0 Å². The van der Waals surface area contributed by atoms with Crippen LogP contribution in [-0.4, -0.2) is 31.3 Å². The molecule has 0 saturated heterocycles. The van der Waals surface area contributed by atoms with Crippen molar-refractivity contribution in [1.29, 1.82) is 0 Å². The van der Waals surface area contributed by atoms with Crippen LogP contribution in [0, 0.1) is 6.92 Å². The van der Waals surface area contributed by atoms with E-state index in [0.29, 0.717) is 22.3 Å². The Labute approximate surface area is 167 Å². The van der Waals surface area contributed by atoms with Crippen molar-refractivity contribution >= 4 is 17.5 Å².